The predicted octanol–water partition coefficient (Wildman–Crippen LogP) is 5.40. The summed E-state index contributed by atoms with van der Waals surface area (Å²) in [6, 6.07) is 13.8. The third-order valence-corrected chi connectivity index (χ3v) is 18.4. The number of alkyl carbamates (subject to hydrolysis) is 1. The third-order valence-electron chi connectivity index (χ3n) is 16.7. The maximum atomic E-state index is 14.9. The Bertz CT molecular complexity index is 3390. The van der Waals surface area contributed by atoms with E-state index >= 15 is 0 Å². The number of amides is 8. The molecule has 0 radical (unpaired) electrons. The first-order chi connectivity index (χ1) is 47.9. The largest absolute Gasteiger partial charge is 0.462 e. The number of sulfonamides is 1. The molecule has 3 fully saturated rings. The highest BCUT2D eigenvalue weighted by Crippen LogP contribution is 2.30. The quantitative estimate of drug-likeness (QED) is 0.00889. The molecule has 6 rings (SSSR count). The fourth-order valence-corrected chi connectivity index (χ4v) is 12.6. The molecule has 0 unspecified atom stereocenters. The number of esters is 2. The van der Waals surface area contributed by atoms with E-state index in [9.17, 15) is 56.4 Å². The lowest BCUT2D eigenvalue weighted by molar-refractivity contribution is -0.152. The number of rotatable bonds is 35. The highest BCUT2D eigenvalue weighted by molar-refractivity contribution is 7.90. The number of likely N-dealkylation sites (tertiary alicyclic amines) is 1. The smallest absolute Gasteiger partial charge is 0.408 e. The predicted molar refractivity (Wildman–Crippen MR) is 376 cm³/mol. The number of carbonyl (C=O) groups is 10. The topological polar surface area (TPSA) is 389 Å². The molecule has 8 amide bonds. The van der Waals surface area contributed by atoms with E-state index in [2.05, 4.69) is 46.9 Å². The summed E-state index contributed by atoms with van der Waals surface area (Å²) in [7, 11) is -4.13. The minimum Gasteiger partial charge on any atom is -0.462 e. The second-order valence-corrected chi connectivity index (χ2v) is 30.6. The van der Waals surface area contributed by atoms with Crippen LogP contribution in [0, 0.1) is 12.8 Å². The standard InChI is InChI=1S/C69H96Cl3N11O17S/c1-44-30-32-50(33-31-44)101(94,95)82-66(73)74-34-18-28-51(60(87)75-38-58(85)98-43-69(70,71)72)77-62(89)55(42-97-40-48-24-14-8-15-25-48)80-63(90)54(41-96-39-47-22-12-7-13-23-47)79-59(86)45(2)76-64(91)56-29-19-35-83(56)65(92)53(36-46-20-10-6-11-21-46)78-61(88)52(81-67(93)100-68(3,4)5)37-57(84)99-49-26-16-9-17-27-49/h7-8,12-15,22-25,30-33,45-46,49,51-56H,6,9-11,16-21,26-29,34-43H2,1-5H3,(H,75,87)(H,76,91)(H,77,89)(H,78,88)(H,79,86)(H,80,90)(H,81,93)(H3,73,74,82)/t45-,51-,52-,53-,54-,55-,56-/m0/s1. The number of aliphatic imine (C=N–C) groups is 1. The Morgan fingerprint density at radius 3 is 1.75 bits per heavy atom. The van der Waals surface area contributed by atoms with Crippen LogP contribution in [-0.4, -0.2) is 176 Å². The van der Waals surface area contributed by atoms with Gasteiger partial charge < -0.3 is 71.5 Å². The number of carbonyl (C=O) groups excluding carboxylic acids is 10. The van der Waals surface area contributed by atoms with E-state index in [0.29, 0.717) is 30.4 Å². The monoisotopic (exact) mass is 1490 g/mol. The van der Waals surface area contributed by atoms with Crippen LogP contribution >= 0.6 is 34.8 Å². The number of hydrogen-bond donors (Lipinski definition) is 9. The molecule has 28 nitrogen and oxygen atoms in total. The number of guanidine groups is 1. The van der Waals surface area contributed by atoms with Gasteiger partial charge in [0.15, 0.2) is 0 Å². The van der Waals surface area contributed by atoms with Gasteiger partial charge in [-0.25, -0.2) is 17.9 Å². The van der Waals surface area contributed by atoms with Crippen molar-refractivity contribution < 1.29 is 80.0 Å². The van der Waals surface area contributed by atoms with Gasteiger partial charge in [-0.1, -0.05) is 152 Å². The molecular formula is C69H96Cl3N11O17S. The lowest BCUT2D eigenvalue weighted by atomic mass is 9.84. The Labute approximate surface area is 604 Å². The van der Waals surface area contributed by atoms with Crippen molar-refractivity contribution in [2.24, 2.45) is 16.6 Å². The Kier molecular flexibility index (Phi) is 33.1. The lowest BCUT2D eigenvalue weighted by Gasteiger charge is -2.33. The minimum absolute atomic E-state index is 0.0154. The maximum absolute atomic E-state index is 14.9. The highest BCUT2D eigenvalue weighted by Gasteiger charge is 2.41. The average Bonchev–Trinajstić information content (AvgIpc) is 1.80. The van der Waals surface area contributed by atoms with Crippen molar-refractivity contribution in [2.45, 2.75) is 213 Å². The van der Waals surface area contributed by atoms with Crippen molar-refractivity contribution in [3.63, 3.8) is 0 Å². The maximum Gasteiger partial charge on any atom is 0.408 e. The van der Waals surface area contributed by atoms with Crippen molar-refractivity contribution in [1.29, 1.82) is 0 Å². The van der Waals surface area contributed by atoms with Crippen LogP contribution in [0.2, 0.25) is 0 Å². The van der Waals surface area contributed by atoms with E-state index < -0.39 is 160 Å². The van der Waals surface area contributed by atoms with E-state index in [1.807, 2.05) is 0 Å². The molecule has 556 valence electrons. The molecule has 3 aromatic carbocycles. The number of hydrogen-bond acceptors (Lipinski definition) is 18. The van der Waals surface area contributed by atoms with Gasteiger partial charge in [0, 0.05) is 13.1 Å². The number of nitrogens with zero attached hydrogens (tertiary/aromatic N) is 2. The second kappa shape index (κ2) is 40.7. The Balaban J connectivity index is 1.19. The Morgan fingerprint density at radius 1 is 0.634 bits per heavy atom. The van der Waals surface area contributed by atoms with Crippen LogP contribution < -0.4 is 47.7 Å². The lowest BCUT2D eigenvalue weighted by Crippen LogP contribution is -2.61. The van der Waals surface area contributed by atoms with Crippen molar-refractivity contribution in [1.82, 2.24) is 46.8 Å². The molecule has 2 saturated carbocycles. The second-order valence-electron chi connectivity index (χ2n) is 26.4. The fourth-order valence-electron chi connectivity index (χ4n) is 11.5. The summed E-state index contributed by atoms with van der Waals surface area (Å²) < 4.78 is 54.4. The van der Waals surface area contributed by atoms with Gasteiger partial charge in [0.1, 0.15) is 67.1 Å². The van der Waals surface area contributed by atoms with Crippen LogP contribution in [0.3, 0.4) is 0 Å². The molecule has 3 aliphatic rings. The van der Waals surface area contributed by atoms with Crippen molar-refractivity contribution in [2.75, 3.05) is 39.5 Å². The molecule has 0 bridgehead atoms. The third kappa shape index (κ3) is 30.0. The molecule has 0 aromatic heterocycles. The molecule has 0 spiro atoms. The number of alkyl halides is 3. The van der Waals surface area contributed by atoms with Crippen LogP contribution in [0.5, 0.6) is 0 Å². The van der Waals surface area contributed by atoms with Crippen molar-refractivity contribution in [3.05, 3.63) is 102 Å². The molecule has 10 N–H and O–H groups in total. The molecule has 101 heavy (non-hydrogen) atoms. The fraction of sp³-hybridized carbons (Fsp3) is 0.580. The van der Waals surface area contributed by atoms with E-state index in [1.165, 1.54) is 24.0 Å². The molecule has 7 atom stereocenters. The van der Waals surface area contributed by atoms with E-state index in [1.54, 1.807) is 100 Å². The van der Waals surface area contributed by atoms with Gasteiger partial charge in [-0.05, 0) is 122 Å². The molecule has 1 heterocycles. The van der Waals surface area contributed by atoms with Crippen LogP contribution in [-0.2, 0) is 90.1 Å². The number of halogens is 3. The Hall–Kier alpha value is -7.83. The number of ether oxygens (including phenoxy) is 5. The first kappa shape index (κ1) is 82.1. The van der Waals surface area contributed by atoms with E-state index in [4.69, 9.17) is 64.2 Å². The zero-order valence-electron chi connectivity index (χ0n) is 57.7. The number of nitrogens with one attached hydrogen (secondary N) is 8. The van der Waals surface area contributed by atoms with Crippen LogP contribution in [0.15, 0.2) is 94.8 Å². The van der Waals surface area contributed by atoms with Crippen LogP contribution in [0.4, 0.5) is 4.79 Å². The zero-order valence-corrected chi connectivity index (χ0v) is 60.8. The highest BCUT2D eigenvalue weighted by atomic mass is 35.6. The van der Waals surface area contributed by atoms with Crippen LogP contribution in [0.25, 0.3) is 0 Å². The molecule has 3 aromatic rings. The van der Waals surface area contributed by atoms with Gasteiger partial charge >= 0.3 is 18.0 Å². The van der Waals surface area contributed by atoms with Gasteiger partial charge in [0.05, 0.1) is 37.7 Å². The molecule has 32 heteroatoms. The van der Waals surface area contributed by atoms with Crippen LogP contribution in [0.1, 0.15) is 147 Å². The molecule has 1 aliphatic heterocycles. The minimum atomic E-state index is -4.13. The zero-order chi connectivity index (χ0) is 73.7. The first-order valence-electron chi connectivity index (χ1n) is 34.1. The van der Waals surface area contributed by atoms with Gasteiger partial charge in [-0.15, -0.1) is 0 Å². The van der Waals surface area contributed by atoms with Crippen molar-refractivity contribution >= 4 is 110 Å². The SMILES string of the molecule is Cc1ccc(S(=O)(=O)NC(N)=NCCC[C@H](NC(=O)[C@H](COCc2ccccc2)NC(=O)[C@H](COCc2ccccc2)NC(=O)[C@H](C)NC(=O)[C@@H]2CCCN2C(=O)[C@H](CC2CCCCC2)NC(=O)[C@H](CC(=O)OC2CCCCC2)NC(=O)OC(C)(C)C)C(=O)NCC(=O)OCC(Cl)(Cl)Cl)cc1. The van der Waals surface area contributed by atoms with Crippen molar-refractivity contribution in [3.8, 4) is 0 Å². The average molecular weight is 1490 g/mol. The van der Waals surface area contributed by atoms with E-state index in [0.717, 1.165) is 56.9 Å². The van der Waals surface area contributed by atoms with Gasteiger partial charge in [-0.3, -0.25) is 48.1 Å². The molecule has 1 saturated heterocycles. The summed E-state index contributed by atoms with van der Waals surface area (Å²) in [4.78, 5) is 146. The Morgan fingerprint density at radius 2 is 1.18 bits per heavy atom. The summed E-state index contributed by atoms with van der Waals surface area (Å²) in [5.74, 6) is -8.09. The number of aryl methyl sites for hydroxylation is 1. The summed E-state index contributed by atoms with van der Waals surface area (Å²) in [5, 5.41) is 18.3. The number of benzene rings is 3. The first-order valence-corrected chi connectivity index (χ1v) is 36.7. The normalized spacial score (nSPS) is 17.2. The molecule has 2 aliphatic carbocycles. The van der Waals surface area contributed by atoms with Gasteiger partial charge in [0.2, 0.25) is 51.1 Å². The van der Waals surface area contributed by atoms with Gasteiger partial charge in [0.25, 0.3) is 10.0 Å². The molecular weight excluding hydrogens is 1390 g/mol. The number of nitrogens with two attached hydrogens (primary N) is 1. The van der Waals surface area contributed by atoms with E-state index in [-0.39, 0.29) is 68.9 Å². The van der Waals surface area contributed by atoms with Gasteiger partial charge in [-0.2, -0.15) is 0 Å². The summed E-state index contributed by atoms with van der Waals surface area (Å²) in [6.07, 6.45) is 7.12. The summed E-state index contributed by atoms with van der Waals surface area (Å²) in [5.41, 5.74) is 7.22. The summed E-state index contributed by atoms with van der Waals surface area (Å²) in [6.45, 7) is 5.47. The summed E-state index contributed by atoms with van der Waals surface area (Å²) >= 11 is 17.2.